The zero-order valence-electron chi connectivity index (χ0n) is 15.1. The molecule has 0 unspecified atom stereocenters. The van der Waals surface area contributed by atoms with E-state index < -0.39 is 0 Å². The van der Waals surface area contributed by atoms with Crippen molar-refractivity contribution in [1.29, 1.82) is 0 Å². The quantitative estimate of drug-likeness (QED) is 0.168. The summed E-state index contributed by atoms with van der Waals surface area (Å²) in [6, 6.07) is 0. The molecule has 1 heteroatoms. The molecular formula is C22H36O. The molecule has 0 aromatic heterocycles. The predicted octanol–water partition coefficient (Wildman–Crippen LogP) is 7.13. The SMILES string of the molecule is CCCCCCCCCCCCC/C=C/C=C/C=C/CC=C=O. The first-order valence-electron chi connectivity index (χ1n) is 9.59. The average molecular weight is 317 g/mol. The first-order valence-corrected chi connectivity index (χ1v) is 9.59. The molecule has 0 heterocycles. The van der Waals surface area contributed by atoms with Crippen LogP contribution >= 0.6 is 0 Å². The minimum Gasteiger partial charge on any atom is -0.234 e. The van der Waals surface area contributed by atoms with E-state index >= 15 is 0 Å². The lowest BCUT2D eigenvalue weighted by molar-refractivity contribution is 0.550. The summed E-state index contributed by atoms with van der Waals surface area (Å²) in [5.41, 5.74) is 0. The summed E-state index contributed by atoms with van der Waals surface area (Å²) in [5.74, 6) is 1.76. The molecular weight excluding hydrogens is 280 g/mol. The number of hydrogen-bond donors (Lipinski definition) is 0. The maximum atomic E-state index is 9.94. The van der Waals surface area contributed by atoms with Crippen molar-refractivity contribution in [2.45, 2.75) is 90.4 Å². The van der Waals surface area contributed by atoms with E-state index in [1.807, 2.05) is 24.3 Å². The molecule has 130 valence electrons. The van der Waals surface area contributed by atoms with E-state index in [9.17, 15) is 4.79 Å². The van der Waals surface area contributed by atoms with Gasteiger partial charge >= 0.3 is 0 Å². The number of hydrogen-bond acceptors (Lipinski definition) is 1. The van der Waals surface area contributed by atoms with Crippen LogP contribution in [-0.2, 0) is 4.79 Å². The average Bonchev–Trinajstić information content (AvgIpc) is 2.57. The smallest absolute Gasteiger partial charge is 0.120 e. The lowest BCUT2D eigenvalue weighted by Gasteiger charge is -2.01. The lowest BCUT2D eigenvalue weighted by atomic mass is 10.1. The van der Waals surface area contributed by atoms with Crippen LogP contribution in [0.2, 0.25) is 0 Å². The maximum Gasteiger partial charge on any atom is 0.120 e. The summed E-state index contributed by atoms with van der Waals surface area (Å²) < 4.78 is 0. The second kappa shape index (κ2) is 20.7. The molecule has 0 atom stereocenters. The minimum absolute atomic E-state index is 0.663. The Bertz CT molecular complexity index is 356. The van der Waals surface area contributed by atoms with E-state index in [0.717, 1.165) is 0 Å². The predicted molar refractivity (Wildman–Crippen MR) is 103 cm³/mol. The number of allylic oxidation sites excluding steroid dienone is 7. The Morgan fingerprint density at radius 1 is 0.652 bits per heavy atom. The standard InChI is InChI=1S/C22H36O/c1-2-3-4-5-6-7-8-9-10-11-12-13-14-15-16-17-18-19-20-21-22-23/h14-19,21H,2-13,20H2,1H3/b15-14+,17-16+,19-18+. The Morgan fingerprint density at radius 2 is 1.17 bits per heavy atom. The van der Waals surface area contributed by atoms with Crippen LogP contribution < -0.4 is 0 Å². The summed E-state index contributed by atoms with van der Waals surface area (Å²) in [6.45, 7) is 2.28. The molecule has 1 nitrogen and oxygen atoms in total. The minimum atomic E-state index is 0.663. The fourth-order valence-electron chi connectivity index (χ4n) is 2.50. The van der Waals surface area contributed by atoms with Gasteiger partial charge in [0.2, 0.25) is 0 Å². The third kappa shape index (κ3) is 20.7. The van der Waals surface area contributed by atoms with Crippen molar-refractivity contribution in [2.75, 3.05) is 0 Å². The van der Waals surface area contributed by atoms with Gasteiger partial charge in [0.15, 0.2) is 0 Å². The van der Waals surface area contributed by atoms with Crippen molar-refractivity contribution in [3.8, 4) is 0 Å². The van der Waals surface area contributed by atoms with Crippen LogP contribution in [0.4, 0.5) is 0 Å². The molecule has 0 N–H and O–H groups in total. The number of carbonyl (C=O) groups excluding carboxylic acids is 1. The molecule has 0 radical (unpaired) electrons. The van der Waals surface area contributed by atoms with E-state index in [2.05, 4.69) is 19.1 Å². The monoisotopic (exact) mass is 316 g/mol. The van der Waals surface area contributed by atoms with Gasteiger partial charge in [-0.15, -0.1) is 0 Å². The Morgan fingerprint density at radius 3 is 1.74 bits per heavy atom. The summed E-state index contributed by atoms with van der Waals surface area (Å²) in [7, 11) is 0. The molecule has 0 aromatic rings. The number of rotatable bonds is 16. The molecule has 0 fully saturated rings. The highest BCUT2D eigenvalue weighted by molar-refractivity contribution is 5.45. The van der Waals surface area contributed by atoms with Crippen LogP contribution in [-0.4, -0.2) is 5.94 Å². The van der Waals surface area contributed by atoms with Gasteiger partial charge in [-0.25, -0.2) is 4.79 Å². The van der Waals surface area contributed by atoms with Crippen molar-refractivity contribution < 1.29 is 4.79 Å². The molecule has 0 amide bonds. The van der Waals surface area contributed by atoms with E-state index in [1.165, 1.54) is 83.1 Å². The van der Waals surface area contributed by atoms with Crippen LogP contribution in [0.5, 0.6) is 0 Å². The van der Waals surface area contributed by atoms with E-state index in [1.54, 1.807) is 5.94 Å². The molecule has 0 aliphatic rings. The molecule has 0 rings (SSSR count). The van der Waals surface area contributed by atoms with Crippen molar-refractivity contribution in [3.05, 3.63) is 42.5 Å². The van der Waals surface area contributed by atoms with E-state index in [4.69, 9.17) is 0 Å². The third-order valence-electron chi connectivity index (χ3n) is 3.92. The summed E-state index contributed by atoms with van der Waals surface area (Å²) in [6.07, 6.45) is 31.0. The first kappa shape index (κ1) is 21.7. The van der Waals surface area contributed by atoms with Gasteiger partial charge in [-0.3, -0.25) is 0 Å². The molecule has 0 aromatic carbocycles. The van der Waals surface area contributed by atoms with Gasteiger partial charge in [-0.2, -0.15) is 0 Å². The van der Waals surface area contributed by atoms with Gasteiger partial charge in [-0.1, -0.05) is 108 Å². The normalized spacial score (nSPS) is 11.7. The highest BCUT2D eigenvalue weighted by Gasteiger charge is 1.92. The van der Waals surface area contributed by atoms with Crippen molar-refractivity contribution >= 4 is 5.94 Å². The maximum absolute atomic E-state index is 9.94. The van der Waals surface area contributed by atoms with Gasteiger partial charge in [0.05, 0.1) is 0 Å². The first-order chi connectivity index (χ1) is 11.4. The van der Waals surface area contributed by atoms with Gasteiger partial charge in [-0.05, 0) is 19.3 Å². The molecule has 23 heavy (non-hydrogen) atoms. The molecule has 0 aliphatic carbocycles. The van der Waals surface area contributed by atoms with Gasteiger partial charge < -0.3 is 0 Å². The Balaban J connectivity index is 3.23. The summed E-state index contributed by atoms with van der Waals surface area (Å²) >= 11 is 0. The highest BCUT2D eigenvalue weighted by atomic mass is 16.1. The fourth-order valence-corrected chi connectivity index (χ4v) is 2.50. The van der Waals surface area contributed by atoms with Crippen LogP contribution in [0.3, 0.4) is 0 Å². The summed E-state index contributed by atoms with van der Waals surface area (Å²) in [4.78, 5) is 9.94. The van der Waals surface area contributed by atoms with Crippen molar-refractivity contribution in [1.82, 2.24) is 0 Å². The third-order valence-corrected chi connectivity index (χ3v) is 3.92. The van der Waals surface area contributed by atoms with E-state index in [0.29, 0.717) is 6.42 Å². The Kier molecular flexibility index (Phi) is 19.5. The zero-order valence-corrected chi connectivity index (χ0v) is 15.1. The lowest BCUT2D eigenvalue weighted by Crippen LogP contribution is -1.81. The molecule has 0 aliphatic heterocycles. The second-order valence-electron chi connectivity index (χ2n) is 6.12. The van der Waals surface area contributed by atoms with Crippen LogP contribution in [0.15, 0.2) is 42.5 Å². The molecule has 0 bridgehead atoms. The largest absolute Gasteiger partial charge is 0.234 e. The molecule has 0 saturated carbocycles. The van der Waals surface area contributed by atoms with Gasteiger partial charge in [0.1, 0.15) is 5.94 Å². The zero-order chi connectivity index (χ0) is 16.8. The fraction of sp³-hybridized carbons (Fsp3) is 0.636. The van der Waals surface area contributed by atoms with Crippen molar-refractivity contribution in [2.24, 2.45) is 0 Å². The molecule has 0 spiro atoms. The topological polar surface area (TPSA) is 17.1 Å². The number of unbranched alkanes of at least 4 members (excludes halogenated alkanes) is 11. The van der Waals surface area contributed by atoms with Crippen LogP contribution in [0.25, 0.3) is 0 Å². The summed E-state index contributed by atoms with van der Waals surface area (Å²) in [5, 5.41) is 0. The molecule has 0 saturated heterocycles. The van der Waals surface area contributed by atoms with Gasteiger partial charge in [0.25, 0.3) is 0 Å². The van der Waals surface area contributed by atoms with Crippen molar-refractivity contribution in [3.63, 3.8) is 0 Å². The Hall–Kier alpha value is -1.33. The van der Waals surface area contributed by atoms with Crippen LogP contribution in [0.1, 0.15) is 90.4 Å². The van der Waals surface area contributed by atoms with Gasteiger partial charge in [0, 0.05) is 6.08 Å². The van der Waals surface area contributed by atoms with Crippen LogP contribution in [0, 0.1) is 0 Å². The van der Waals surface area contributed by atoms with E-state index in [-0.39, 0.29) is 0 Å². The second-order valence-corrected chi connectivity index (χ2v) is 6.12. The highest BCUT2D eigenvalue weighted by Crippen LogP contribution is 2.11. The Labute approximate surface area is 144 Å².